The predicted octanol–water partition coefficient (Wildman–Crippen LogP) is 0.320. The third-order valence-electron chi connectivity index (χ3n) is 4.34. The fourth-order valence-electron chi connectivity index (χ4n) is 3.06. The number of hydrogen-bond acceptors (Lipinski definition) is 8. The molecule has 1 atom stereocenters. The second-order valence-corrected chi connectivity index (χ2v) is 8.12. The number of carbonyl (C=O) groups is 3. The second-order valence-electron chi connectivity index (χ2n) is 6.15. The van der Waals surface area contributed by atoms with E-state index in [9.17, 15) is 24.0 Å². The van der Waals surface area contributed by atoms with Gasteiger partial charge in [-0.2, -0.15) is 0 Å². The first-order chi connectivity index (χ1) is 13.8. The van der Waals surface area contributed by atoms with Crippen LogP contribution in [0.15, 0.2) is 31.1 Å². The number of H-pyrrole nitrogens is 1. The van der Waals surface area contributed by atoms with E-state index in [0.29, 0.717) is 16.8 Å². The summed E-state index contributed by atoms with van der Waals surface area (Å²) in [4.78, 5) is 63.9. The number of carbonyl (C=O) groups excluding carboxylic acids is 3. The molecule has 29 heavy (non-hydrogen) atoms. The van der Waals surface area contributed by atoms with E-state index in [4.69, 9.17) is 0 Å². The third kappa shape index (κ3) is 4.08. The lowest BCUT2D eigenvalue weighted by Crippen LogP contribution is -2.49. The molecule has 2 aromatic rings. The molecular formula is C17H16BrN3O7S. The van der Waals surface area contributed by atoms with Crippen LogP contribution < -0.4 is 16.4 Å². The maximum atomic E-state index is 12.5. The number of aromatic nitrogens is 2. The molecule has 0 fully saturated rings. The van der Waals surface area contributed by atoms with E-state index in [1.165, 1.54) is 16.3 Å². The number of aromatic amines is 1. The van der Waals surface area contributed by atoms with Crippen molar-refractivity contribution in [3.05, 3.63) is 37.3 Å². The lowest BCUT2D eigenvalue weighted by atomic mass is 10.1. The van der Waals surface area contributed by atoms with E-state index < -0.39 is 41.0 Å². The first-order valence-corrected chi connectivity index (χ1v) is 10.1. The van der Waals surface area contributed by atoms with Gasteiger partial charge in [0.05, 0.1) is 31.3 Å². The van der Waals surface area contributed by atoms with Gasteiger partial charge in [0, 0.05) is 21.5 Å². The molecule has 1 aliphatic rings. The van der Waals surface area contributed by atoms with Gasteiger partial charge in [-0.1, -0.05) is 15.9 Å². The molecule has 1 aromatic heterocycles. The number of amides is 1. The molecule has 2 N–H and O–H groups in total. The maximum absolute atomic E-state index is 12.5. The summed E-state index contributed by atoms with van der Waals surface area (Å²) < 4.78 is 11.0. The van der Waals surface area contributed by atoms with Crippen LogP contribution in [0.1, 0.15) is 12.5 Å². The Hall–Kier alpha value is -2.60. The van der Waals surface area contributed by atoms with E-state index in [1.807, 2.05) is 6.07 Å². The van der Waals surface area contributed by atoms with Crippen LogP contribution in [0.2, 0.25) is 0 Å². The summed E-state index contributed by atoms with van der Waals surface area (Å²) in [7, 11) is 2.15. The molecular weight excluding hydrogens is 470 g/mol. The monoisotopic (exact) mass is 485 g/mol. The fourth-order valence-corrected chi connectivity index (χ4v) is 4.86. The first kappa shape index (κ1) is 21.1. The molecule has 1 unspecified atom stereocenters. The normalized spacial score (nSPS) is 15.2. The molecule has 0 radical (unpaired) electrons. The fraction of sp³-hybridized carbons (Fsp3) is 0.353. The summed E-state index contributed by atoms with van der Waals surface area (Å²) in [5.74, 6) is -2.28. The summed E-state index contributed by atoms with van der Waals surface area (Å²) in [6.45, 7) is 0. The zero-order chi connectivity index (χ0) is 21.3. The summed E-state index contributed by atoms with van der Waals surface area (Å²) in [5.41, 5.74) is -0.611. The summed E-state index contributed by atoms with van der Waals surface area (Å²) in [5, 5.41) is 2.26. The van der Waals surface area contributed by atoms with Crippen molar-refractivity contribution in [2.24, 2.45) is 0 Å². The number of nitrogens with one attached hydrogen (secondary N) is 2. The number of methoxy groups -OCH3 is 2. The molecule has 0 saturated heterocycles. The van der Waals surface area contributed by atoms with Crippen molar-refractivity contribution >= 4 is 56.6 Å². The number of ether oxygens (including phenoxy) is 2. The molecule has 1 aromatic carbocycles. The quantitative estimate of drug-likeness (QED) is 0.351. The van der Waals surface area contributed by atoms with Crippen molar-refractivity contribution in [3.8, 4) is 0 Å². The van der Waals surface area contributed by atoms with Gasteiger partial charge in [-0.05, 0) is 12.1 Å². The van der Waals surface area contributed by atoms with Crippen LogP contribution in [-0.4, -0.2) is 53.4 Å². The minimum Gasteiger partial charge on any atom is -0.467 e. The molecule has 2 heterocycles. The summed E-state index contributed by atoms with van der Waals surface area (Å²) >= 11 is 4.79. The van der Waals surface area contributed by atoms with E-state index in [1.54, 1.807) is 6.07 Å². The number of nitrogens with zero attached hydrogens (tertiary/aromatic N) is 1. The van der Waals surface area contributed by atoms with Gasteiger partial charge < -0.3 is 19.8 Å². The van der Waals surface area contributed by atoms with Gasteiger partial charge >= 0.3 is 23.1 Å². The van der Waals surface area contributed by atoms with Crippen LogP contribution in [0, 0.1) is 0 Å². The highest BCUT2D eigenvalue weighted by molar-refractivity contribution is 9.10. The molecule has 0 aliphatic carbocycles. The van der Waals surface area contributed by atoms with Gasteiger partial charge in [-0.3, -0.25) is 19.0 Å². The standard InChI is InChI=1S/C17H16BrN3O7S/c1-27-16(25)12(17(26)28-2)20-11(22)5-8-6-29-10-4-7(18)3-9-13(10)21(8)15(24)14(23)19-9/h3-4,8,12H,5-6H2,1-2H3,(H,19,23)(H,20,22). The molecule has 12 heteroatoms. The number of thioether (sulfide) groups is 1. The molecule has 1 aliphatic heterocycles. The molecule has 3 rings (SSSR count). The zero-order valence-electron chi connectivity index (χ0n) is 15.3. The Balaban J connectivity index is 1.94. The highest BCUT2D eigenvalue weighted by atomic mass is 79.9. The van der Waals surface area contributed by atoms with E-state index >= 15 is 0 Å². The second kappa shape index (κ2) is 8.41. The van der Waals surface area contributed by atoms with Crippen LogP contribution in [0.4, 0.5) is 0 Å². The van der Waals surface area contributed by atoms with Gasteiger partial charge in [0.25, 0.3) is 0 Å². The largest absolute Gasteiger partial charge is 0.467 e. The van der Waals surface area contributed by atoms with Gasteiger partial charge in [-0.25, -0.2) is 9.59 Å². The van der Waals surface area contributed by atoms with E-state index in [2.05, 4.69) is 35.7 Å². The first-order valence-electron chi connectivity index (χ1n) is 8.32. The number of rotatable bonds is 5. The molecule has 0 spiro atoms. The summed E-state index contributed by atoms with van der Waals surface area (Å²) in [6.07, 6.45) is -0.231. The Kier molecular flexibility index (Phi) is 6.13. The Morgan fingerprint density at radius 3 is 2.55 bits per heavy atom. The van der Waals surface area contributed by atoms with Crippen LogP contribution in [0.3, 0.4) is 0 Å². The Morgan fingerprint density at radius 1 is 1.28 bits per heavy atom. The minimum atomic E-state index is -1.62. The Labute approximate surface area is 176 Å². The predicted molar refractivity (Wildman–Crippen MR) is 107 cm³/mol. The minimum absolute atomic E-state index is 0.231. The number of halogens is 1. The van der Waals surface area contributed by atoms with Crippen molar-refractivity contribution in [1.29, 1.82) is 0 Å². The van der Waals surface area contributed by atoms with E-state index in [-0.39, 0.29) is 6.42 Å². The van der Waals surface area contributed by atoms with Gasteiger partial charge in [0.2, 0.25) is 11.9 Å². The lowest BCUT2D eigenvalue weighted by Gasteiger charge is -2.27. The van der Waals surface area contributed by atoms with Gasteiger partial charge in [0.1, 0.15) is 0 Å². The van der Waals surface area contributed by atoms with Crippen LogP contribution in [0.5, 0.6) is 0 Å². The highest BCUT2D eigenvalue weighted by Gasteiger charge is 2.33. The topological polar surface area (TPSA) is 137 Å². The SMILES string of the molecule is COC(=O)C(NC(=O)CC1CSc2cc(Br)cc3[nH]c(=O)c(=O)n1c23)C(=O)OC. The average molecular weight is 486 g/mol. The smallest absolute Gasteiger partial charge is 0.340 e. The van der Waals surface area contributed by atoms with Gasteiger partial charge in [0.15, 0.2) is 0 Å². The maximum Gasteiger partial charge on any atom is 0.340 e. The van der Waals surface area contributed by atoms with E-state index in [0.717, 1.165) is 23.6 Å². The number of benzene rings is 1. The van der Waals surface area contributed by atoms with Crippen molar-refractivity contribution < 1.29 is 23.9 Å². The van der Waals surface area contributed by atoms with Crippen LogP contribution >= 0.6 is 27.7 Å². The third-order valence-corrected chi connectivity index (χ3v) is 5.97. The van der Waals surface area contributed by atoms with Crippen molar-refractivity contribution in [2.75, 3.05) is 20.0 Å². The Bertz CT molecular complexity index is 1110. The lowest BCUT2D eigenvalue weighted by molar-refractivity contribution is -0.157. The average Bonchev–Trinajstić information content (AvgIpc) is 2.69. The summed E-state index contributed by atoms with van der Waals surface area (Å²) in [6, 6.07) is 1.22. The van der Waals surface area contributed by atoms with Crippen molar-refractivity contribution in [3.63, 3.8) is 0 Å². The Morgan fingerprint density at radius 2 is 1.93 bits per heavy atom. The van der Waals surface area contributed by atoms with Gasteiger partial charge in [-0.15, -0.1) is 11.8 Å². The molecule has 0 bridgehead atoms. The number of esters is 2. The molecule has 10 nitrogen and oxygen atoms in total. The molecule has 1 amide bonds. The van der Waals surface area contributed by atoms with Crippen LogP contribution in [-0.2, 0) is 23.9 Å². The van der Waals surface area contributed by atoms with Crippen molar-refractivity contribution in [2.45, 2.75) is 23.4 Å². The number of hydrogen-bond donors (Lipinski definition) is 2. The highest BCUT2D eigenvalue weighted by Crippen LogP contribution is 2.37. The van der Waals surface area contributed by atoms with Crippen LogP contribution in [0.25, 0.3) is 11.0 Å². The zero-order valence-corrected chi connectivity index (χ0v) is 17.7. The molecule has 154 valence electrons. The molecule has 0 saturated carbocycles. The van der Waals surface area contributed by atoms with Crippen molar-refractivity contribution in [1.82, 2.24) is 14.9 Å².